The van der Waals surface area contributed by atoms with Gasteiger partial charge in [-0.1, -0.05) is 35.6 Å². The Hall–Kier alpha value is -3.90. The Morgan fingerprint density at radius 1 is 0.970 bits per heavy atom. The molecule has 5 aromatic rings. The van der Waals surface area contributed by atoms with Crippen molar-refractivity contribution in [3.8, 4) is 11.5 Å². The normalized spacial score (nSPS) is 11.0. The second-order valence-corrected chi connectivity index (χ2v) is 8.81. The Morgan fingerprint density at radius 3 is 2.45 bits per heavy atom. The first kappa shape index (κ1) is 21.0. The molecule has 164 valence electrons. The van der Waals surface area contributed by atoms with Crippen molar-refractivity contribution in [2.75, 3.05) is 4.90 Å². The van der Waals surface area contributed by atoms with Gasteiger partial charge >= 0.3 is 0 Å². The van der Waals surface area contributed by atoms with Gasteiger partial charge in [0.25, 0.3) is 5.91 Å². The molecule has 5 rings (SSSR count). The molecule has 0 fully saturated rings. The van der Waals surface area contributed by atoms with Crippen molar-refractivity contribution < 1.29 is 13.9 Å². The SMILES string of the molecule is Cc1cc(C)c2sc(N(Cc3ccco3)C(=O)c3ccc(Oc4ccccc4)cc3)nc2c1. The molecule has 1 amide bonds. The smallest absolute Gasteiger partial charge is 0.260 e. The highest BCUT2D eigenvalue weighted by atomic mass is 32.1. The van der Waals surface area contributed by atoms with Gasteiger partial charge in [0.2, 0.25) is 0 Å². The number of carbonyl (C=O) groups excluding carboxylic acids is 1. The van der Waals surface area contributed by atoms with Crippen LogP contribution in [0.5, 0.6) is 11.5 Å². The number of aryl methyl sites for hydroxylation is 2. The molecule has 0 radical (unpaired) electrons. The number of thiazole rings is 1. The van der Waals surface area contributed by atoms with E-state index in [-0.39, 0.29) is 5.91 Å². The third-order valence-electron chi connectivity index (χ3n) is 5.26. The zero-order valence-corrected chi connectivity index (χ0v) is 19.1. The monoisotopic (exact) mass is 454 g/mol. The lowest BCUT2D eigenvalue weighted by atomic mass is 10.1. The van der Waals surface area contributed by atoms with E-state index in [1.165, 1.54) is 11.3 Å². The molecule has 2 aromatic heterocycles. The van der Waals surface area contributed by atoms with E-state index in [1.807, 2.05) is 48.5 Å². The third kappa shape index (κ3) is 4.52. The number of hydrogen-bond acceptors (Lipinski definition) is 5. The molecule has 3 aromatic carbocycles. The highest BCUT2D eigenvalue weighted by molar-refractivity contribution is 7.22. The maximum atomic E-state index is 13.6. The summed E-state index contributed by atoms with van der Waals surface area (Å²) in [4.78, 5) is 20.0. The molecule has 2 heterocycles. The first-order valence-corrected chi connectivity index (χ1v) is 11.4. The van der Waals surface area contributed by atoms with Crippen LogP contribution in [0.3, 0.4) is 0 Å². The summed E-state index contributed by atoms with van der Waals surface area (Å²) in [7, 11) is 0. The lowest BCUT2D eigenvalue weighted by molar-refractivity contribution is 0.0983. The van der Waals surface area contributed by atoms with E-state index in [0.717, 1.165) is 27.1 Å². The molecule has 0 N–H and O–H groups in total. The van der Waals surface area contributed by atoms with Crippen LogP contribution in [0.25, 0.3) is 10.2 Å². The number of carbonyl (C=O) groups is 1. The number of nitrogens with zero attached hydrogens (tertiary/aromatic N) is 2. The van der Waals surface area contributed by atoms with Crippen molar-refractivity contribution in [3.63, 3.8) is 0 Å². The number of ether oxygens (including phenoxy) is 1. The molecule has 0 bridgehead atoms. The predicted octanol–water partition coefficient (Wildman–Crippen LogP) is 7.15. The summed E-state index contributed by atoms with van der Waals surface area (Å²) in [5.74, 6) is 1.96. The highest BCUT2D eigenvalue weighted by Crippen LogP contribution is 2.34. The van der Waals surface area contributed by atoms with Crippen LogP contribution in [-0.4, -0.2) is 10.9 Å². The van der Waals surface area contributed by atoms with Gasteiger partial charge < -0.3 is 9.15 Å². The van der Waals surface area contributed by atoms with Gasteiger partial charge in [-0.25, -0.2) is 4.98 Å². The largest absolute Gasteiger partial charge is 0.467 e. The number of fused-ring (bicyclic) bond motifs is 1. The summed E-state index contributed by atoms with van der Waals surface area (Å²) < 4.78 is 12.5. The van der Waals surface area contributed by atoms with Crippen molar-refractivity contribution in [1.29, 1.82) is 0 Å². The Morgan fingerprint density at radius 2 is 1.73 bits per heavy atom. The van der Waals surface area contributed by atoms with E-state index < -0.39 is 0 Å². The first-order chi connectivity index (χ1) is 16.1. The van der Waals surface area contributed by atoms with Crippen molar-refractivity contribution in [2.45, 2.75) is 20.4 Å². The van der Waals surface area contributed by atoms with Crippen LogP contribution >= 0.6 is 11.3 Å². The Bertz CT molecular complexity index is 1390. The van der Waals surface area contributed by atoms with E-state index >= 15 is 0 Å². The van der Waals surface area contributed by atoms with Gasteiger partial charge in [-0.2, -0.15) is 0 Å². The molecule has 0 saturated carbocycles. The van der Waals surface area contributed by atoms with Crippen molar-refractivity contribution in [1.82, 2.24) is 4.98 Å². The summed E-state index contributed by atoms with van der Waals surface area (Å²) in [6, 6.07) is 24.6. The first-order valence-electron chi connectivity index (χ1n) is 10.6. The number of hydrogen-bond donors (Lipinski definition) is 0. The molecule has 5 nitrogen and oxygen atoms in total. The number of amides is 1. The maximum absolute atomic E-state index is 13.6. The fourth-order valence-electron chi connectivity index (χ4n) is 3.71. The van der Waals surface area contributed by atoms with Gasteiger partial charge in [-0.3, -0.25) is 9.69 Å². The predicted molar refractivity (Wildman–Crippen MR) is 131 cm³/mol. The summed E-state index contributed by atoms with van der Waals surface area (Å²) >= 11 is 1.52. The number of anilines is 1. The van der Waals surface area contributed by atoms with Gasteiger partial charge in [0.05, 0.1) is 23.0 Å². The summed E-state index contributed by atoms with van der Waals surface area (Å²) in [6.07, 6.45) is 1.61. The van der Waals surface area contributed by atoms with E-state index in [4.69, 9.17) is 14.1 Å². The topological polar surface area (TPSA) is 55.6 Å². The molecular weight excluding hydrogens is 432 g/mol. The molecular formula is C27H22N2O3S. The second-order valence-electron chi connectivity index (χ2n) is 7.84. The molecule has 0 saturated heterocycles. The molecule has 0 atom stereocenters. The Kier molecular flexibility index (Phi) is 5.67. The molecule has 0 unspecified atom stereocenters. The third-order valence-corrected chi connectivity index (χ3v) is 6.49. The quantitative estimate of drug-likeness (QED) is 0.273. The van der Waals surface area contributed by atoms with Gasteiger partial charge in [-0.15, -0.1) is 0 Å². The van der Waals surface area contributed by atoms with Crippen LogP contribution in [0, 0.1) is 13.8 Å². The zero-order chi connectivity index (χ0) is 22.8. The molecule has 0 aliphatic carbocycles. The van der Waals surface area contributed by atoms with Gasteiger partial charge in [0.15, 0.2) is 5.13 Å². The van der Waals surface area contributed by atoms with Crippen LogP contribution in [0.1, 0.15) is 27.2 Å². The van der Waals surface area contributed by atoms with Gasteiger partial charge in [0, 0.05) is 5.56 Å². The second kappa shape index (κ2) is 8.92. The summed E-state index contributed by atoms with van der Waals surface area (Å²) in [6.45, 7) is 4.42. The summed E-state index contributed by atoms with van der Waals surface area (Å²) in [5.41, 5.74) is 3.75. The molecule has 0 aliphatic heterocycles. The molecule has 0 spiro atoms. The van der Waals surface area contributed by atoms with Crippen LogP contribution in [0.15, 0.2) is 89.5 Å². The van der Waals surface area contributed by atoms with Crippen molar-refractivity contribution in [3.05, 3.63) is 108 Å². The minimum Gasteiger partial charge on any atom is -0.467 e. The van der Waals surface area contributed by atoms with Crippen LogP contribution in [-0.2, 0) is 6.54 Å². The van der Waals surface area contributed by atoms with E-state index in [0.29, 0.717) is 28.7 Å². The van der Waals surface area contributed by atoms with Crippen LogP contribution in [0.2, 0.25) is 0 Å². The number of benzene rings is 3. The Labute approximate surface area is 195 Å². The molecule has 33 heavy (non-hydrogen) atoms. The van der Waals surface area contributed by atoms with E-state index in [9.17, 15) is 4.79 Å². The van der Waals surface area contributed by atoms with E-state index in [2.05, 4.69) is 19.9 Å². The molecule has 6 heteroatoms. The number of para-hydroxylation sites is 1. The van der Waals surface area contributed by atoms with Crippen molar-refractivity contribution in [2.24, 2.45) is 0 Å². The number of furan rings is 1. The minimum atomic E-state index is -0.147. The summed E-state index contributed by atoms with van der Waals surface area (Å²) in [5, 5.41) is 0.643. The number of aromatic nitrogens is 1. The standard InChI is InChI=1S/C27H22N2O3S/c1-18-15-19(2)25-24(16-18)28-27(33-25)29(17-23-9-6-14-31-23)26(30)20-10-12-22(13-11-20)32-21-7-4-3-5-8-21/h3-16H,17H2,1-2H3. The number of rotatable bonds is 6. The fourth-order valence-corrected chi connectivity index (χ4v) is 4.72. The van der Waals surface area contributed by atoms with Gasteiger partial charge in [0.1, 0.15) is 17.3 Å². The molecule has 0 aliphatic rings. The average Bonchev–Trinajstić information content (AvgIpc) is 3.48. The lowest BCUT2D eigenvalue weighted by Gasteiger charge is -2.19. The van der Waals surface area contributed by atoms with Crippen LogP contribution < -0.4 is 9.64 Å². The minimum absolute atomic E-state index is 0.147. The Balaban J connectivity index is 1.46. The average molecular weight is 455 g/mol. The maximum Gasteiger partial charge on any atom is 0.260 e. The van der Waals surface area contributed by atoms with E-state index in [1.54, 1.807) is 35.4 Å². The lowest BCUT2D eigenvalue weighted by Crippen LogP contribution is -2.30. The fraction of sp³-hybridized carbons (Fsp3) is 0.111. The highest BCUT2D eigenvalue weighted by Gasteiger charge is 2.23. The van der Waals surface area contributed by atoms with Crippen LogP contribution in [0.4, 0.5) is 5.13 Å². The van der Waals surface area contributed by atoms with Gasteiger partial charge in [-0.05, 0) is 79.6 Å². The van der Waals surface area contributed by atoms with Crippen molar-refractivity contribution >= 4 is 32.6 Å². The zero-order valence-electron chi connectivity index (χ0n) is 18.3.